The Labute approximate surface area is 63.8 Å². The summed E-state index contributed by atoms with van der Waals surface area (Å²) in [5.41, 5.74) is 0. The molecule has 4 heteroatoms. The molecule has 4 nitrogen and oxygen atoms in total. The smallest absolute Gasteiger partial charge is 0.417 e. The first-order chi connectivity index (χ1) is 5.24. The van der Waals surface area contributed by atoms with Crippen LogP contribution in [-0.2, 0) is 19.1 Å². The summed E-state index contributed by atoms with van der Waals surface area (Å²) in [7, 11) is 0. The molecule has 0 aromatic rings. The number of rotatable bonds is 2. The first-order valence-corrected chi connectivity index (χ1v) is 3.22. The SMILES string of the molecule is C=CCC1COC(=O)C(=O)O1. The number of hydrogen-bond acceptors (Lipinski definition) is 4. The zero-order chi connectivity index (χ0) is 8.27. The van der Waals surface area contributed by atoms with Gasteiger partial charge in [-0.1, -0.05) is 6.08 Å². The van der Waals surface area contributed by atoms with E-state index in [2.05, 4.69) is 16.1 Å². The molecule has 1 fully saturated rings. The first-order valence-electron chi connectivity index (χ1n) is 3.22. The number of cyclic esters (lactones) is 2. The normalized spacial score (nSPS) is 23.8. The average Bonchev–Trinajstić information content (AvgIpc) is 1.98. The van der Waals surface area contributed by atoms with Gasteiger partial charge < -0.3 is 9.47 Å². The molecule has 1 unspecified atom stereocenters. The Bertz CT molecular complexity index is 197. The Morgan fingerprint density at radius 1 is 1.55 bits per heavy atom. The van der Waals surface area contributed by atoms with E-state index in [0.29, 0.717) is 6.42 Å². The standard InChI is InChI=1S/C7H8O4/c1-2-3-5-4-10-6(8)7(9)11-5/h2,5H,1,3-4H2. The van der Waals surface area contributed by atoms with Gasteiger partial charge >= 0.3 is 11.9 Å². The largest absolute Gasteiger partial charge is 0.453 e. The van der Waals surface area contributed by atoms with Crippen molar-refractivity contribution in [2.45, 2.75) is 12.5 Å². The summed E-state index contributed by atoms with van der Waals surface area (Å²) in [6.45, 7) is 3.60. The number of esters is 2. The summed E-state index contributed by atoms with van der Waals surface area (Å²) in [6, 6.07) is 0. The number of carbonyl (C=O) groups is 2. The molecule has 1 rings (SSSR count). The zero-order valence-corrected chi connectivity index (χ0v) is 5.91. The van der Waals surface area contributed by atoms with Crippen molar-refractivity contribution in [3.63, 3.8) is 0 Å². The average molecular weight is 156 g/mol. The fourth-order valence-electron chi connectivity index (χ4n) is 0.763. The van der Waals surface area contributed by atoms with Gasteiger partial charge in [0.25, 0.3) is 0 Å². The third-order valence-electron chi connectivity index (χ3n) is 1.27. The van der Waals surface area contributed by atoms with Crippen LogP contribution in [0.2, 0.25) is 0 Å². The lowest BCUT2D eigenvalue weighted by atomic mass is 10.2. The molecule has 0 bridgehead atoms. The van der Waals surface area contributed by atoms with Gasteiger partial charge in [0.2, 0.25) is 0 Å². The van der Waals surface area contributed by atoms with Crippen molar-refractivity contribution in [2.24, 2.45) is 0 Å². The lowest BCUT2D eigenvalue weighted by Crippen LogP contribution is -2.36. The number of hydrogen-bond donors (Lipinski definition) is 0. The molecule has 0 amide bonds. The Kier molecular flexibility index (Phi) is 2.25. The molecule has 0 radical (unpaired) electrons. The second kappa shape index (κ2) is 3.18. The summed E-state index contributed by atoms with van der Waals surface area (Å²) >= 11 is 0. The minimum atomic E-state index is -0.914. The highest BCUT2D eigenvalue weighted by molar-refractivity contribution is 6.30. The highest BCUT2D eigenvalue weighted by Crippen LogP contribution is 2.06. The summed E-state index contributed by atoms with van der Waals surface area (Å²) in [6.07, 6.45) is 1.77. The Balaban J connectivity index is 2.45. The third-order valence-corrected chi connectivity index (χ3v) is 1.27. The maximum Gasteiger partial charge on any atom is 0.417 e. The molecular formula is C7H8O4. The monoisotopic (exact) mass is 156 g/mol. The van der Waals surface area contributed by atoms with Crippen LogP contribution in [-0.4, -0.2) is 24.6 Å². The quantitative estimate of drug-likeness (QED) is 0.321. The van der Waals surface area contributed by atoms with Crippen LogP contribution in [0.15, 0.2) is 12.7 Å². The molecule has 1 aliphatic heterocycles. The van der Waals surface area contributed by atoms with Crippen LogP contribution in [0, 0.1) is 0 Å². The van der Waals surface area contributed by atoms with Gasteiger partial charge in [-0.15, -0.1) is 6.58 Å². The van der Waals surface area contributed by atoms with Crippen LogP contribution < -0.4 is 0 Å². The van der Waals surface area contributed by atoms with E-state index in [1.807, 2.05) is 0 Å². The summed E-state index contributed by atoms with van der Waals surface area (Å²) in [5, 5.41) is 0. The molecule has 0 N–H and O–H groups in total. The second-order valence-corrected chi connectivity index (χ2v) is 2.15. The fourth-order valence-corrected chi connectivity index (χ4v) is 0.763. The van der Waals surface area contributed by atoms with Gasteiger partial charge in [0.05, 0.1) is 0 Å². The van der Waals surface area contributed by atoms with E-state index in [1.165, 1.54) is 0 Å². The zero-order valence-electron chi connectivity index (χ0n) is 5.91. The number of ether oxygens (including phenoxy) is 2. The van der Waals surface area contributed by atoms with Crippen molar-refractivity contribution in [1.29, 1.82) is 0 Å². The highest BCUT2D eigenvalue weighted by atomic mass is 16.6. The minimum Gasteiger partial charge on any atom is -0.453 e. The van der Waals surface area contributed by atoms with E-state index in [0.717, 1.165) is 0 Å². The van der Waals surface area contributed by atoms with Gasteiger partial charge in [-0.2, -0.15) is 0 Å². The second-order valence-electron chi connectivity index (χ2n) is 2.15. The molecule has 0 aliphatic carbocycles. The van der Waals surface area contributed by atoms with Crippen LogP contribution in [0.4, 0.5) is 0 Å². The molecular weight excluding hydrogens is 148 g/mol. The van der Waals surface area contributed by atoms with E-state index in [4.69, 9.17) is 0 Å². The molecule has 1 aliphatic rings. The van der Waals surface area contributed by atoms with Crippen molar-refractivity contribution in [3.8, 4) is 0 Å². The Morgan fingerprint density at radius 3 is 2.82 bits per heavy atom. The summed E-state index contributed by atoms with van der Waals surface area (Å²) in [4.78, 5) is 21.0. The molecule has 60 valence electrons. The molecule has 0 aromatic heterocycles. The Morgan fingerprint density at radius 2 is 2.27 bits per heavy atom. The van der Waals surface area contributed by atoms with Crippen molar-refractivity contribution >= 4 is 11.9 Å². The highest BCUT2D eigenvalue weighted by Gasteiger charge is 2.28. The minimum absolute atomic E-state index is 0.136. The van der Waals surface area contributed by atoms with Crippen LogP contribution in [0.1, 0.15) is 6.42 Å². The molecule has 11 heavy (non-hydrogen) atoms. The van der Waals surface area contributed by atoms with Crippen molar-refractivity contribution in [2.75, 3.05) is 6.61 Å². The van der Waals surface area contributed by atoms with Gasteiger partial charge in [0.15, 0.2) is 0 Å². The molecule has 1 saturated heterocycles. The van der Waals surface area contributed by atoms with Gasteiger partial charge in [-0.3, -0.25) is 0 Å². The molecule has 1 heterocycles. The molecule has 1 atom stereocenters. The predicted molar refractivity (Wildman–Crippen MR) is 35.7 cm³/mol. The topological polar surface area (TPSA) is 52.6 Å². The van der Waals surface area contributed by atoms with Crippen molar-refractivity contribution in [3.05, 3.63) is 12.7 Å². The molecule has 0 spiro atoms. The maximum atomic E-state index is 10.5. The lowest BCUT2D eigenvalue weighted by molar-refractivity contribution is -0.184. The van der Waals surface area contributed by atoms with Crippen molar-refractivity contribution in [1.82, 2.24) is 0 Å². The third kappa shape index (κ3) is 1.80. The van der Waals surface area contributed by atoms with E-state index >= 15 is 0 Å². The predicted octanol–water partition coefficient (Wildman–Crippen LogP) is 0.0311. The summed E-state index contributed by atoms with van der Waals surface area (Å²) in [5.74, 6) is -1.83. The summed E-state index contributed by atoms with van der Waals surface area (Å²) < 4.78 is 9.15. The van der Waals surface area contributed by atoms with E-state index < -0.39 is 11.9 Å². The van der Waals surface area contributed by atoms with Crippen LogP contribution in [0.25, 0.3) is 0 Å². The fraction of sp³-hybridized carbons (Fsp3) is 0.429. The van der Waals surface area contributed by atoms with Gasteiger partial charge in [-0.25, -0.2) is 9.59 Å². The van der Waals surface area contributed by atoms with Crippen molar-refractivity contribution < 1.29 is 19.1 Å². The van der Waals surface area contributed by atoms with Gasteiger partial charge in [0, 0.05) is 6.42 Å². The number of carbonyl (C=O) groups excluding carboxylic acids is 2. The van der Waals surface area contributed by atoms with Gasteiger partial charge in [0.1, 0.15) is 12.7 Å². The van der Waals surface area contributed by atoms with E-state index in [-0.39, 0.29) is 12.7 Å². The van der Waals surface area contributed by atoms with Crippen LogP contribution in [0.3, 0.4) is 0 Å². The lowest BCUT2D eigenvalue weighted by Gasteiger charge is -2.19. The molecule has 0 saturated carbocycles. The molecule has 0 aromatic carbocycles. The van der Waals surface area contributed by atoms with Crippen LogP contribution >= 0.6 is 0 Å². The van der Waals surface area contributed by atoms with E-state index in [9.17, 15) is 9.59 Å². The first kappa shape index (κ1) is 7.78. The maximum absolute atomic E-state index is 10.5. The van der Waals surface area contributed by atoms with E-state index in [1.54, 1.807) is 6.08 Å². The Hall–Kier alpha value is -1.32. The van der Waals surface area contributed by atoms with Crippen LogP contribution in [0.5, 0.6) is 0 Å². The van der Waals surface area contributed by atoms with Gasteiger partial charge in [-0.05, 0) is 0 Å².